The van der Waals surface area contributed by atoms with Gasteiger partial charge in [0.25, 0.3) is 0 Å². The Hall–Kier alpha value is -1.04. The van der Waals surface area contributed by atoms with Gasteiger partial charge in [-0.1, -0.05) is 17.7 Å². The second-order valence-electron chi connectivity index (χ2n) is 5.46. The lowest BCUT2D eigenvalue weighted by molar-refractivity contribution is 0.0784. The molecule has 0 aliphatic carbocycles. The molecule has 0 bridgehead atoms. The zero-order chi connectivity index (χ0) is 18.9. The monoisotopic (exact) mass is 394 g/mol. The molecule has 0 aliphatic heterocycles. The smallest absolute Gasteiger partial charge is 0.242 e. The molecule has 1 aromatic carbocycles. The Kier molecular flexibility index (Phi) is 8.97. The van der Waals surface area contributed by atoms with E-state index in [1.165, 1.54) is 26.3 Å². The van der Waals surface area contributed by atoms with Crippen LogP contribution in [0.25, 0.3) is 0 Å². The number of nitrogens with zero attached hydrogens (tertiary/aromatic N) is 1. The highest BCUT2D eigenvalue weighted by molar-refractivity contribution is 7.89. The van der Waals surface area contributed by atoms with Crippen molar-refractivity contribution in [2.45, 2.75) is 11.8 Å². The standard InChI is InChI=1S/C15H26N2O6S2/c1-14-4-6-15(7-5-14)25(20,21)17(2)9-8-16-24(18,19)13-12-23-11-10-22-3/h4-7,16H,8-13H2,1-3H3. The molecule has 1 aromatic rings. The molecule has 144 valence electrons. The molecule has 0 unspecified atom stereocenters. The van der Waals surface area contributed by atoms with Crippen LogP contribution in [0.4, 0.5) is 0 Å². The molecule has 1 N–H and O–H groups in total. The van der Waals surface area contributed by atoms with E-state index in [1.807, 2.05) is 6.92 Å². The molecule has 0 atom stereocenters. The third kappa shape index (κ3) is 7.80. The van der Waals surface area contributed by atoms with Crippen LogP contribution < -0.4 is 4.72 Å². The molecule has 0 saturated carbocycles. The first kappa shape index (κ1) is 22.0. The van der Waals surface area contributed by atoms with Crippen molar-refractivity contribution in [1.29, 1.82) is 0 Å². The molecule has 1 rings (SSSR count). The highest BCUT2D eigenvalue weighted by Gasteiger charge is 2.20. The predicted octanol–water partition coefficient (Wildman–Crippen LogP) is 0.198. The molecule has 25 heavy (non-hydrogen) atoms. The van der Waals surface area contributed by atoms with Crippen LogP contribution in [-0.4, -0.2) is 74.0 Å². The summed E-state index contributed by atoms with van der Waals surface area (Å²) in [5.74, 6) is -0.189. The third-order valence-electron chi connectivity index (χ3n) is 3.41. The van der Waals surface area contributed by atoms with Crippen LogP contribution in [0.15, 0.2) is 29.2 Å². The zero-order valence-corrected chi connectivity index (χ0v) is 16.4. The van der Waals surface area contributed by atoms with Gasteiger partial charge in [-0.3, -0.25) is 0 Å². The van der Waals surface area contributed by atoms with Gasteiger partial charge in [0.2, 0.25) is 20.0 Å². The van der Waals surface area contributed by atoms with Gasteiger partial charge in [0, 0.05) is 27.2 Å². The highest BCUT2D eigenvalue weighted by atomic mass is 32.2. The van der Waals surface area contributed by atoms with Gasteiger partial charge < -0.3 is 9.47 Å². The number of likely N-dealkylation sites (N-methyl/N-ethyl adjacent to an activating group) is 1. The van der Waals surface area contributed by atoms with E-state index in [0.717, 1.165) is 9.87 Å². The summed E-state index contributed by atoms with van der Waals surface area (Å²) in [6, 6.07) is 6.49. The van der Waals surface area contributed by atoms with E-state index < -0.39 is 20.0 Å². The number of sulfonamides is 2. The van der Waals surface area contributed by atoms with Gasteiger partial charge in [-0.2, -0.15) is 4.31 Å². The lowest BCUT2D eigenvalue weighted by atomic mass is 10.2. The Morgan fingerprint density at radius 3 is 2.28 bits per heavy atom. The van der Waals surface area contributed by atoms with E-state index in [-0.39, 0.29) is 30.3 Å². The number of hydrogen-bond donors (Lipinski definition) is 1. The first-order chi connectivity index (χ1) is 11.7. The number of nitrogens with one attached hydrogen (secondary N) is 1. The van der Waals surface area contributed by atoms with E-state index in [9.17, 15) is 16.8 Å². The van der Waals surface area contributed by atoms with Gasteiger partial charge in [-0.25, -0.2) is 21.6 Å². The topological polar surface area (TPSA) is 102 Å². The Morgan fingerprint density at radius 1 is 1.04 bits per heavy atom. The summed E-state index contributed by atoms with van der Waals surface area (Å²) in [6.45, 7) is 2.66. The van der Waals surface area contributed by atoms with E-state index >= 15 is 0 Å². The largest absolute Gasteiger partial charge is 0.382 e. The average molecular weight is 395 g/mol. The molecule has 0 aromatic heterocycles. The van der Waals surface area contributed by atoms with Gasteiger partial charge in [-0.15, -0.1) is 0 Å². The zero-order valence-electron chi connectivity index (χ0n) is 14.8. The fraction of sp³-hybridized carbons (Fsp3) is 0.600. The Balaban J connectivity index is 2.45. The highest BCUT2D eigenvalue weighted by Crippen LogP contribution is 2.14. The molecular weight excluding hydrogens is 368 g/mol. The van der Waals surface area contributed by atoms with Crippen LogP contribution in [0, 0.1) is 6.92 Å². The molecule has 0 saturated heterocycles. The Morgan fingerprint density at radius 2 is 1.68 bits per heavy atom. The van der Waals surface area contributed by atoms with Crippen molar-refractivity contribution in [1.82, 2.24) is 9.03 Å². The molecule has 0 spiro atoms. The van der Waals surface area contributed by atoms with E-state index in [4.69, 9.17) is 9.47 Å². The van der Waals surface area contributed by atoms with Gasteiger partial charge in [0.1, 0.15) is 0 Å². The predicted molar refractivity (Wildman–Crippen MR) is 95.5 cm³/mol. The maximum absolute atomic E-state index is 12.4. The molecule has 10 heteroatoms. The van der Waals surface area contributed by atoms with E-state index in [2.05, 4.69) is 4.72 Å². The van der Waals surface area contributed by atoms with Gasteiger partial charge >= 0.3 is 0 Å². The minimum Gasteiger partial charge on any atom is -0.382 e. The van der Waals surface area contributed by atoms with E-state index in [1.54, 1.807) is 12.1 Å². The van der Waals surface area contributed by atoms with Crippen LogP contribution in [0.1, 0.15) is 5.56 Å². The molecule has 8 nitrogen and oxygen atoms in total. The second-order valence-corrected chi connectivity index (χ2v) is 9.43. The Bertz CT molecular complexity index is 717. The number of aryl methyl sites for hydroxylation is 1. The van der Waals surface area contributed by atoms with Crippen molar-refractivity contribution in [3.05, 3.63) is 29.8 Å². The van der Waals surface area contributed by atoms with Crippen molar-refractivity contribution in [3.8, 4) is 0 Å². The molecular formula is C15H26N2O6S2. The quantitative estimate of drug-likeness (QED) is 0.508. The van der Waals surface area contributed by atoms with Crippen molar-refractivity contribution >= 4 is 20.0 Å². The number of ether oxygens (including phenoxy) is 2. The van der Waals surface area contributed by atoms with Gasteiger partial charge in [-0.05, 0) is 19.1 Å². The molecule has 0 radical (unpaired) electrons. The lowest BCUT2D eigenvalue weighted by Crippen LogP contribution is -2.37. The summed E-state index contributed by atoms with van der Waals surface area (Å²) < 4.78 is 61.8. The Labute approximate surface area is 150 Å². The van der Waals surface area contributed by atoms with Crippen molar-refractivity contribution in [2.75, 3.05) is 52.8 Å². The number of methoxy groups -OCH3 is 1. The minimum absolute atomic E-state index is 0.0119. The number of rotatable bonds is 12. The average Bonchev–Trinajstić information content (AvgIpc) is 2.54. The van der Waals surface area contributed by atoms with Crippen LogP contribution in [0.5, 0.6) is 0 Å². The molecule has 0 aliphatic rings. The van der Waals surface area contributed by atoms with Gasteiger partial charge in [0.05, 0.1) is 30.5 Å². The number of hydrogen-bond acceptors (Lipinski definition) is 6. The summed E-state index contributed by atoms with van der Waals surface area (Å²) in [6.07, 6.45) is 0. The SMILES string of the molecule is COCCOCCS(=O)(=O)NCCN(C)S(=O)(=O)c1ccc(C)cc1. The minimum atomic E-state index is -3.64. The fourth-order valence-electron chi connectivity index (χ4n) is 1.85. The van der Waals surface area contributed by atoms with Crippen molar-refractivity contribution < 1.29 is 26.3 Å². The van der Waals surface area contributed by atoms with E-state index in [0.29, 0.717) is 13.2 Å². The summed E-state index contributed by atoms with van der Waals surface area (Å²) in [4.78, 5) is 0.176. The van der Waals surface area contributed by atoms with Crippen LogP contribution >= 0.6 is 0 Å². The van der Waals surface area contributed by atoms with Gasteiger partial charge in [0.15, 0.2) is 0 Å². The summed E-state index contributed by atoms with van der Waals surface area (Å²) in [7, 11) is -4.21. The fourth-order valence-corrected chi connectivity index (χ4v) is 3.91. The summed E-state index contributed by atoms with van der Waals surface area (Å²) in [5, 5.41) is 0. The normalized spacial score (nSPS) is 12.6. The van der Waals surface area contributed by atoms with Crippen LogP contribution in [0.2, 0.25) is 0 Å². The maximum Gasteiger partial charge on any atom is 0.242 e. The second kappa shape index (κ2) is 10.2. The molecule has 0 amide bonds. The summed E-state index contributed by atoms with van der Waals surface area (Å²) in [5.41, 5.74) is 0.960. The van der Waals surface area contributed by atoms with Crippen LogP contribution in [-0.2, 0) is 29.5 Å². The van der Waals surface area contributed by atoms with Crippen LogP contribution in [0.3, 0.4) is 0 Å². The lowest BCUT2D eigenvalue weighted by Gasteiger charge is -2.17. The van der Waals surface area contributed by atoms with Crippen molar-refractivity contribution in [3.63, 3.8) is 0 Å². The maximum atomic E-state index is 12.4. The summed E-state index contributed by atoms with van der Waals surface area (Å²) >= 11 is 0. The molecule has 0 fully saturated rings. The third-order valence-corrected chi connectivity index (χ3v) is 6.63. The molecule has 0 heterocycles. The first-order valence-electron chi connectivity index (χ1n) is 7.76. The first-order valence-corrected chi connectivity index (χ1v) is 10.9. The van der Waals surface area contributed by atoms with Crippen molar-refractivity contribution in [2.24, 2.45) is 0 Å². The number of benzene rings is 1.